The van der Waals surface area contributed by atoms with E-state index in [1.165, 1.54) is 0 Å². The Labute approximate surface area is 74.1 Å². The maximum absolute atomic E-state index is 11.4. The van der Waals surface area contributed by atoms with Gasteiger partial charge in [0, 0.05) is 12.2 Å². The van der Waals surface area contributed by atoms with Crippen molar-refractivity contribution >= 4 is 10.8 Å². The van der Waals surface area contributed by atoms with Crippen LogP contribution in [0.25, 0.3) is 0 Å². The molecule has 0 saturated carbocycles. The second-order valence-electron chi connectivity index (χ2n) is 2.97. The van der Waals surface area contributed by atoms with Crippen LogP contribution in [0.2, 0.25) is 0 Å². The molecule has 0 saturated heterocycles. The molecule has 1 atom stereocenters. The highest BCUT2D eigenvalue weighted by Gasteiger charge is 2.19. The summed E-state index contributed by atoms with van der Waals surface area (Å²) in [7, 11) is -0.838. The van der Waals surface area contributed by atoms with Crippen LogP contribution < -0.4 is 0 Å². The Morgan fingerprint density at radius 2 is 2.50 bits per heavy atom. The lowest BCUT2D eigenvalue weighted by atomic mass is 10.3. The first-order chi connectivity index (χ1) is 5.81. The minimum absolute atomic E-state index is 0.779. The van der Waals surface area contributed by atoms with Gasteiger partial charge in [-0.25, -0.2) is 4.98 Å². The zero-order chi connectivity index (χ0) is 8.55. The molecule has 1 N–H and O–H groups in total. The third-order valence-electron chi connectivity index (χ3n) is 2.10. The molecule has 2 heterocycles. The number of rotatable bonds is 1. The van der Waals surface area contributed by atoms with Gasteiger partial charge in [0.1, 0.15) is 10.9 Å². The summed E-state index contributed by atoms with van der Waals surface area (Å²) >= 11 is 0. The van der Waals surface area contributed by atoms with Crippen LogP contribution in [0.4, 0.5) is 0 Å². The van der Waals surface area contributed by atoms with Crippen molar-refractivity contribution in [1.82, 2.24) is 9.97 Å². The van der Waals surface area contributed by atoms with Gasteiger partial charge in [0.25, 0.3) is 0 Å². The smallest absolute Gasteiger partial charge is 0.148 e. The molecular weight excluding hydrogens is 172 g/mol. The van der Waals surface area contributed by atoms with E-state index < -0.39 is 10.8 Å². The molecule has 1 aliphatic heterocycles. The Balaban J connectivity index is 2.43. The van der Waals surface area contributed by atoms with E-state index in [1.54, 1.807) is 0 Å². The topological polar surface area (TPSA) is 45.8 Å². The maximum Gasteiger partial charge on any atom is 0.148 e. The number of fused-ring (bicyclic) bond motifs is 1. The monoisotopic (exact) mass is 184 g/mol. The lowest BCUT2D eigenvalue weighted by molar-refractivity contribution is 0.669. The molecule has 1 aromatic rings. The number of hydrogen-bond acceptors (Lipinski definition) is 2. The van der Waals surface area contributed by atoms with E-state index in [0.717, 1.165) is 41.6 Å². The number of H-pyrrole nitrogens is 1. The minimum atomic E-state index is -0.838. The van der Waals surface area contributed by atoms with Crippen molar-refractivity contribution in [3.63, 3.8) is 0 Å². The number of aromatic amines is 1. The summed E-state index contributed by atoms with van der Waals surface area (Å²) in [6.45, 7) is 2.05. The summed E-state index contributed by atoms with van der Waals surface area (Å²) < 4.78 is 11.4. The lowest BCUT2D eigenvalue weighted by Crippen LogP contribution is -2.09. The molecule has 0 amide bonds. The first-order valence-electron chi connectivity index (χ1n) is 4.27. The summed E-state index contributed by atoms with van der Waals surface area (Å²) in [6.07, 6.45) is 2.92. The Morgan fingerprint density at radius 3 is 3.17 bits per heavy atom. The fourth-order valence-electron chi connectivity index (χ4n) is 1.45. The van der Waals surface area contributed by atoms with Crippen molar-refractivity contribution < 1.29 is 4.21 Å². The van der Waals surface area contributed by atoms with Crippen molar-refractivity contribution in [1.29, 1.82) is 0 Å². The Kier molecular flexibility index (Phi) is 2.00. The average Bonchev–Trinajstić information content (AvgIpc) is 2.49. The van der Waals surface area contributed by atoms with Crippen LogP contribution in [-0.2, 0) is 23.6 Å². The van der Waals surface area contributed by atoms with Crippen LogP contribution in [0.5, 0.6) is 0 Å². The summed E-state index contributed by atoms with van der Waals surface area (Å²) in [4.78, 5) is 7.50. The second kappa shape index (κ2) is 3.01. The number of nitrogens with one attached hydrogen (secondary N) is 1. The van der Waals surface area contributed by atoms with Gasteiger partial charge in [-0.05, 0) is 12.8 Å². The van der Waals surface area contributed by atoms with Crippen LogP contribution in [0, 0.1) is 0 Å². The quantitative estimate of drug-likeness (QED) is 0.708. The molecule has 12 heavy (non-hydrogen) atoms. The standard InChI is InChI=1S/C8H12N2OS/c1-2-7-9-6-4-3-5-12(11)8(6)10-7/h2-5H2,1H3,(H,9,10). The van der Waals surface area contributed by atoms with E-state index in [0.29, 0.717) is 0 Å². The molecule has 0 aliphatic carbocycles. The molecule has 0 bridgehead atoms. The number of hydrogen-bond donors (Lipinski definition) is 1. The summed E-state index contributed by atoms with van der Waals surface area (Å²) in [6, 6.07) is 0. The molecule has 1 aliphatic rings. The second-order valence-corrected chi connectivity index (χ2v) is 4.46. The van der Waals surface area contributed by atoms with Crippen molar-refractivity contribution in [3.05, 3.63) is 11.5 Å². The zero-order valence-corrected chi connectivity index (χ0v) is 7.91. The highest BCUT2D eigenvalue weighted by Crippen LogP contribution is 2.19. The van der Waals surface area contributed by atoms with Gasteiger partial charge in [-0.3, -0.25) is 4.21 Å². The molecule has 66 valence electrons. The molecule has 0 aromatic carbocycles. The summed E-state index contributed by atoms with van der Waals surface area (Å²) in [5.41, 5.74) is 1.09. The van der Waals surface area contributed by atoms with Gasteiger partial charge in [0.2, 0.25) is 0 Å². The highest BCUT2D eigenvalue weighted by molar-refractivity contribution is 7.85. The van der Waals surface area contributed by atoms with E-state index in [1.807, 2.05) is 6.92 Å². The average molecular weight is 184 g/mol. The molecule has 2 rings (SSSR count). The van der Waals surface area contributed by atoms with Gasteiger partial charge in [0.05, 0.1) is 16.5 Å². The van der Waals surface area contributed by atoms with E-state index in [-0.39, 0.29) is 0 Å². The van der Waals surface area contributed by atoms with Gasteiger partial charge < -0.3 is 4.98 Å². The largest absolute Gasteiger partial charge is 0.345 e. The van der Waals surface area contributed by atoms with Crippen LogP contribution in [0.3, 0.4) is 0 Å². The molecular formula is C8H12N2OS. The summed E-state index contributed by atoms with van der Waals surface area (Å²) in [5, 5.41) is 0.804. The van der Waals surface area contributed by atoms with Gasteiger partial charge >= 0.3 is 0 Å². The highest BCUT2D eigenvalue weighted by atomic mass is 32.2. The van der Waals surface area contributed by atoms with Crippen molar-refractivity contribution in [2.24, 2.45) is 0 Å². The van der Waals surface area contributed by atoms with Crippen LogP contribution in [0.1, 0.15) is 24.9 Å². The van der Waals surface area contributed by atoms with Crippen LogP contribution >= 0.6 is 0 Å². The molecule has 1 unspecified atom stereocenters. The number of aromatic nitrogens is 2. The maximum atomic E-state index is 11.4. The van der Waals surface area contributed by atoms with E-state index >= 15 is 0 Å². The number of nitrogens with zero attached hydrogens (tertiary/aromatic N) is 1. The van der Waals surface area contributed by atoms with Gasteiger partial charge in [0.15, 0.2) is 0 Å². The molecule has 3 nitrogen and oxygen atoms in total. The molecule has 4 heteroatoms. The molecule has 0 radical (unpaired) electrons. The van der Waals surface area contributed by atoms with Gasteiger partial charge in [-0.2, -0.15) is 0 Å². The van der Waals surface area contributed by atoms with Gasteiger partial charge in [-0.1, -0.05) is 6.92 Å². The Morgan fingerprint density at radius 1 is 1.67 bits per heavy atom. The van der Waals surface area contributed by atoms with Crippen LogP contribution in [0.15, 0.2) is 5.03 Å². The SMILES string of the molecule is CCc1nc2c([nH]1)CCCS2=O. The van der Waals surface area contributed by atoms with Crippen molar-refractivity contribution in [2.75, 3.05) is 5.75 Å². The fourth-order valence-corrected chi connectivity index (χ4v) is 2.69. The molecule has 0 fully saturated rings. The first-order valence-corrected chi connectivity index (χ1v) is 5.59. The predicted octanol–water partition coefficient (Wildman–Crippen LogP) is 1.03. The minimum Gasteiger partial charge on any atom is -0.345 e. The molecule has 0 spiro atoms. The van der Waals surface area contributed by atoms with Crippen molar-refractivity contribution in [3.8, 4) is 0 Å². The fraction of sp³-hybridized carbons (Fsp3) is 0.625. The number of aryl methyl sites for hydroxylation is 2. The third kappa shape index (κ3) is 1.20. The Bertz CT molecular complexity index is 319. The zero-order valence-electron chi connectivity index (χ0n) is 7.09. The third-order valence-corrected chi connectivity index (χ3v) is 3.53. The lowest BCUT2D eigenvalue weighted by Gasteiger charge is -2.07. The predicted molar refractivity (Wildman–Crippen MR) is 47.6 cm³/mol. The van der Waals surface area contributed by atoms with E-state index in [9.17, 15) is 4.21 Å². The van der Waals surface area contributed by atoms with Crippen LogP contribution in [-0.4, -0.2) is 19.9 Å². The normalized spacial score (nSPS) is 22.2. The van der Waals surface area contributed by atoms with Crippen molar-refractivity contribution in [2.45, 2.75) is 31.2 Å². The Hall–Kier alpha value is -0.640. The summed E-state index contributed by atoms with van der Waals surface area (Å²) in [5.74, 6) is 1.75. The molecule has 1 aromatic heterocycles. The van der Waals surface area contributed by atoms with E-state index in [4.69, 9.17) is 0 Å². The van der Waals surface area contributed by atoms with E-state index in [2.05, 4.69) is 9.97 Å². The van der Waals surface area contributed by atoms with Gasteiger partial charge in [-0.15, -0.1) is 0 Å². The first kappa shape index (κ1) is 7.98. The number of imidazole rings is 1.